The van der Waals surface area contributed by atoms with Gasteiger partial charge in [0.15, 0.2) is 6.61 Å². The molecule has 0 unspecified atom stereocenters. The van der Waals surface area contributed by atoms with Crippen LogP contribution in [0.1, 0.15) is 22.8 Å². The van der Waals surface area contributed by atoms with Crippen LogP contribution in [0.2, 0.25) is 0 Å². The second kappa shape index (κ2) is 6.06. The van der Waals surface area contributed by atoms with Crippen molar-refractivity contribution in [2.24, 2.45) is 0 Å². The molecule has 112 valence electrons. The summed E-state index contributed by atoms with van der Waals surface area (Å²) in [7, 11) is 0. The predicted octanol–water partition coefficient (Wildman–Crippen LogP) is 4.23. The second-order valence-corrected chi connectivity index (χ2v) is 5.32. The van der Waals surface area contributed by atoms with Crippen LogP contribution < -0.4 is 4.74 Å². The molecule has 0 saturated carbocycles. The molecule has 0 aliphatic heterocycles. The molecule has 0 fully saturated rings. The average molecular weight is 293 g/mol. The Balaban J connectivity index is 1.85. The molecule has 3 aromatic rings. The van der Waals surface area contributed by atoms with Crippen LogP contribution in [-0.4, -0.2) is 17.0 Å². The Morgan fingerprint density at radius 1 is 1.09 bits per heavy atom. The maximum atomic E-state index is 12.5. The first-order valence-electron chi connectivity index (χ1n) is 7.50. The number of aryl methyl sites for hydroxylation is 2. The van der Waals surface area contributed by atoms with Crippen LogP contribution in [0.15, 0.2) is 54.7 Å². The van der Waals surface area contributed by atoms with Crippen LogP contribution in [0.25, 0.3) is 10.9 Å². The molecule has 0 N–H and O–H groups in total. The molecule has 0 spiro atoms. The summed E-state index contributed by atoms with van der Waals surface area (Å²) in [5, 5.41) is 0.989. The maximum absolute atomic E-state index is 12.5. The van der Waals surface area contributed by atoms with Crippen LogP contribution in [0.3, 0.4) is 0 Å². The van der Waals surface area contributed by atoms with Gasteiger partial charge in [-0.15, -0.1) is 0 Å². The van der Waals surface area contributed by atoms with Gasteiger partial charge in [-0.2, -0.15) is 0 Å². The highest BCUT2D eigenvalue weighted by Gasteiger charge is 2.15. The molecule has 3 nitrogen and oxygen atoms in total. The molecule has 22 heavy (non-hydrogen) atoms. The third-order valence-corrected chi connectivity index (χ3v) is 3.88. The fourth-order valence-electron chi connectivity index (χ4n) is 2.67. The minimum absolute atomic E-state index is 0.00616. The highest BCUT2D eigenvalue weighted by atomic mass is 16.5. The lowest BCUT2D eigenvalue weighted by Crippen LogP contribution is -2.11. The molecule has 0 aliphatic carbocycles. The predicted molar refractivity (Wildman–Crippen MR) is 88.6 cm³/mol. The van der Waals surface area contributed by atoms with E-state index in [1.807, 2.05) is 61.7 Å². The monoisotopic (exact) mass is 293 g/mol. The van der Waals surface area contributed by atoms with Crippen LogP contribution in [0.4, 0.5) is 0 Å². The van der Waals surface area contributed by atoms with E-state index in [9.17, 15) is 4.79 Å². The molecule has 1 heterocycles. The number of ketones is 1. The number of carbonyl (C=O) groups is 1. The minimum atomic E-state index is 0.00616. The minimum Gasteiger partial charge on any atom is -0.485 e. The summed E-state index contributed by atoms with van der Waals surface area (Å²) in [4.78, 5) is 12.5. The van der Waals surface area contributed by atoms with E-state index in [-0.39, 0.29) is 12.4 Å². The van der Waals surface area contributed by atoms with E-state index in [0.29, 0.717) is 0 Å². The first-order valence-corrected chi connectivity index (χ1v) is 7.50. The van der Waals surface area contributed by atoms with Crippen molar-refractivity contribution in [2.75, 3.05) is 6.61 Å². The molecule has 0 bridgehead atoms. The summed E-state index contributed by atoms with van der Waals surface area (Å²) >= 11 is 0. The fourth-order valence-corrected chi connectivity index (χ4v) is 2.67. The number of carbonyl (C=O) groups excluding carboxylic acids is 1. The molecule has 0 amide bonds. The Morgan fingerprint density at radius 3 is 2.59 bits per heavy atom. The standard InChI is InChI=1S/C19H19NO2/c1-3-20-12-16(15-9-5-6-10-17(15)20)18(21)13-22-19-11-7-4-8-14(19)2/h4-12H,3,13H2,1-2H3. The van der Waals surface area contributed by atoms with E-state index in [0.717, 1.165) is 34.3 Å². The number of ether oxygens (including phenoxy) is 1. The van der Waals surface area contributed by atoms with Crippen LogP contribution >= 0.6 is 0 Å². The Morgan fingerprint density at radius 2 is 1.82 bits per heavy atom. The Hall–Kier alpha value is -2.55. The molecule has 0 atom stereocenters. The van der Waals surface area contributed by atoms with Gasteiger partial charge in [0.25, 0.3) is 0 Å². The zero-order chi connectivity index (χ0) is 15.5. The number of rotatable bonds is 5. The van der Waals surface area contributed by atoms with Gasteiger partial charge in [0, 0.05) is 29.2 Å². The average Bonchev–Trinajstić information content (AvgIpc) is 2.93. The quantitative estimate of drug-likeness (QED) is 0.659. The zero-order valence-corrected chi connectivity index (χ0v) is 12.9. The summed E-state index contributed by atoms with van der Waals surface area (Å²) in [6.45, 7) is 4.95. The van der Waals surface area contributed by atoms with Gasteiger partial charge in [-0.3, -0.25) is 4.79 Å². The molecule has 0 radical (unpaired) electrons. The summed E-state index contributed by atoms with van der Waals surface area (Å²) < 4.78 is 7.78. The van der Waals surface area contributed by atoms with Gasteiger partial charge in [-0.05, 0) is 31.5 Å². The highest BCUT2D eigenvalue weighted by molar-refractivity contribution is 6.08. The Bertz CT molecular complexity index is 817. The van der Waals surface area contributed by atoms with Crippen molar-refractivity contribution in [1.29, 1.82) is 0 Å². The number of benzene rings is 2. The van der Waals surface area contributed by atoms with Crippen molar-refractivity contribution in [3.05, 3.63) is 65.9 Å². The molecule has 0 saturated heterocycles. The number of hydrogen-bond donors (Lipinski definition) is 0. The molecule has 3 rings (SSSR count). The lowest BCUT2D eigenvalue weighted by Gasteiger charge is -2.07. The van der Waals surface area contributed by atoms with Gasteiger partial charge < -0.3 is 9.30 Å². The van der Waals surface area contributed by atoms with Gasteiger partial charge in [-0.1, -0.05) is 36.4 Å². The summed E-state index contributed by atoms with van der Waals surface area (Å²) in [6, 6.07) is 15.7. The van der Waals surface area contributed by atoms with Gasteiger partial charge in [0.05, 0.1) is 0 Å². The number of hydrogen-bond acceptors (Lipinski definition) is 2. The van der Waals surface area contributed by atoms with Crippen molar-refractivity contribution in [3.8, 4) is 5.75 Å². The van der Waals surface area contributed by atoms with Crippen LogP contribution in [-0.2, 0) is 6.54 Å². The lowest BCUT2D eigenvalue weighted by molar-refractivity contribution is 0.0922. The van der Waals surface area contributed by atoms with Crippen molar-refractivity contribution < 1.29 is 9.53 Å². The van der Waals surface area contributed by atoms with E-state index >= 15 is 0 Å². The zero-order valence-electron chi connectivity index (χ0n) is 12.9. The van der Waals surface area contributed by atoms with Gasteiger partial charge in [0.1, 0.15) is 5.75 Å². The van der Waals surface area contributed by atoms with E-state index < -0.39 is 0 Å². The van der Waals surface area contributed by atoms with E-state index in [4.69, 9.17) is 4.74 Å². The summed E-state index contributed by atoms with van der Waals surface area (Å²) in [5.74, 6) is 0.765. The largest absolute Gasteiger partial charge is 0.485 e. The molecular weight excluding hydrogens is 274 g/mol. The van der Waals surface area contributed by atoms with Crippen molar-refractivity contribution in [3.63, 3.8) is 0 Å². The summed E-state index contributed by atoms with van der Waals surface area (Å²) in [5.41, 5.74) is 2.85. The molecular formula is C19H19NO2. The Kier molecular flexibility index (Phi) is 3.96. The smallest absolute Gasteiger partial charge is 0.202 e. The van der Waals surface area contributed by atoms with Gasteiger partial charge in [-0.25, -0.2) is 0 Å². The van der Waals surface area contributed by atoms with Crippen molar-refractivity contribution in [1.82, 2.24) is 4.57 Å². The maximum Gasteiger partial charge on any atom is 0.202 e. The van der Waals surface area contributed by atoms with Crippen LogP contribution in [0.5, 0.6) is 5.75 Å². The molecule has 1 aromatic heterocycles. The third kappa shape index (κ3) is 2.62. The molecule has 3 heteroatoms. The molecule has 2 aromatic carbocycles. The topological polar surface area (TPSA) is 31.2 Å². The van der Waals surface area contributed by atoms with Gasteiger partial charge in [0.2, 0.25) is 5.78 Å². The second-order valence-electron chi connectivity index (χ2n) is 5.32. The van der Waals surface area contributed by atoms with E-state index in [1.165, 1.54) is 0 Å². The molecule has 0 aliphatic rings. The first-order chi connectivity index (χ1) is 10.7. The summed E-state index contributed by atoms with van der Waals surface area (Å²) in [6.07, 6.45) is 1.92. The van der Waals surface area contributed by atoms with Crippen molar-refractivity contribution >= 4 is 16.7 Å². The van der Waals surface area contributed by atoms with E-state index in [2.05, 4.69) is 11.5 Å². The van der Waals surface area contributed by atoms with Crippen molar-refractivity contribution in [2.45, 2.75) is 20.4 Å². The third-order valence-electron chi connectivity index (χ3n) is 3.88. The highest BCUT2D eigenvalue weighted by Crippen LogP contribution is 2.22. The van der Waals surface area contributed by atoms with E-state index in [1.54, 1.807) is 0 Å². The van der Waals surface area contributed by atoms with Crippen LogP contribution in [0, 0.1) is 6.92 Å². The number of fused-ring (bicyclic) bond motifs is 1. The number of para-hydroxylation sites is 2. The van der Waals surface area contributed by atoms with Gasteiger partial charge >= 0.3 is 0 Å². The normalized spacial score (nSPS) is 10.8. The first kappa shape index (κ1) is 14.4. The number of aromatic nitrogens is 1. The number of Topliss-reactive ketones (excluding diaryl/α,β-unsaturated/α-hetero) is 1. The Labute approximate surface area is 130 Å². The lowest BCUT2D eigenvalue weighted by atomic mass is 10.1. The fraction of sp³-hybridized carbons (Fsp3) is 0.211. The SMILES string of the molecule is CCn1cc(C(=O)COc2ccccc2C)c2ccccc21. The number of nitrogens with zero attached hydrogens (tertiary/aromatic N) is 1.